The topological polar surface area (TPSA) is 23.5 Å². The molecule has 1 aliphatic rings. The van der Waals surface area contributed by atoms with Crippen LogP contribution in [0.4, 0.5) is 5.69 Å². The van der Waals surface area contributed by atoms with Crippen LogP contribution in [-0.2, 0) is 0 Å². The summed E-state index contributed by atoms with van der Waals surface area (Å²) >= 11 is 3.47. The van der Waals surface area contributed by atoms with Gasteiger partial charge in [-0.2, -0.15) is 0 Å². The molecule has 0 radical (unpaired) electrons. The summed E-state index contributed by atoms with van der Waals surface area (Å²) in [6.07, 6.45) is 0.607. The van der Waals surface area contributed by atoms with Crippen molar-refractivity contribution >= 4 is 21.6 Å². The highest BCUT2D eigenvalue weighted by Gasteiger charge is 2.40. The summed E-state index contributed by atoms with van der Waals surface area (Å²) < 4.78 is 1.08. The smallest absolute Gasteiger partial charge is 0.0783 e. The lowest BCUT2D eigenvalue weighted by atomic mass is 9.98. The van der Waals surface area contributed by atoms with Gasteiger partial charge in [-0.1, -0.05) is 22.0 Å². The van der Waals surface area contributed by atoms with E-state index < -0.39 is 0 Å². The molecule has 1 aromatic rings. The van der Waals surface area contributed by atoms with Crippen molar-refractivity contribution in [1.29, 1.82) is 0 Å². The van der Waals surface area contributed by atoms with Crippen molar-refractivity contribution in [1.82, 2.24) is 0 Å². The van der Waals surface area contributed by atoms with Crippen LogP contribution >= 0.6 is 15.9 Å². The van der Waals surface area contributed by atoms with Gasteiger partial charge in [0.05, 0.1) is 11.6 Å². The van der Waals surface area contributed by atoms with Gasteiger partial charge in [-0.3, -0.25) is 0 Å². The average Bonchev–Trinajstić information content (AvgIpc) is 2.42. The molecule has 1 heterocycles. The number of nitrogens with zero attached hydrogens (tertiary/aromatic N) is 1. The van der Waals surface area contributed by atoms with Gasteiger partial charge in [-0.25, -0.2) is 0 Å². The molecule has 82 valence electrons. The summed E-state index contributed by atoms with van der Waals surface area (Å²) in [6, 6.07) is 8.23. The van der Waals surface area contributed by atoms with Crippen LogP contribution < -0.4 is 4.90 Å². The molecule has 0 saturated carbocycles. The third kappa shape index (κ3) is 1.91. The van der Waals surface area contributed by atoms with Crippen molar-refractivity contribution in [3.05, 3.63) is 28.7 Å². The molecule has 2 rings (SSSR count). The first-order valence-corrected chi connectivity index (χ1v) is 6.02. The van der Waals surface area contributed by atoms with E-state index in [2.05, 4.69) is 46.8 Å². The van der Waals surface area contributed by atoms with Crippen LogP contribution in [0.15, 0.2) is 28.7 Å². The lowest BCUT2D eigenvalue weighted by Crippen LogP contribution is -2.45. The quantitative estimate of drug-likeness (QED) is 0.848. The molecule has 2 nitrogen and oxygen atoms in total. The molecule has 3 heteroatoms. The SMILES string of the molecule is CC1(C)C(O)CCN1c1cccc(Br)c1. The first-order chi connectivity index (χ1) is 7.01. The third-order valence-corrected chi connectivity index (χ3v) is 3.75. The highest BCUT2D eigenvalue weighted by atomic mass is 79.9. The highest BCUT2D eigenvalue weighted by Crippen LogP contribution is 2.34. The molecule has 1 aliphatic heterocycles. The summed E-state index contributed by atoms with van der Waals surface area (Å²) in [5.41, 5.74) is 1.01. The van der Waals surface area contributed by atoms with Crippen LogP contribution in [0.2, 0.25) is 0 Å². The fourth-order valence-electron chi connectivity index (χ4n) is 2.18. The van der Waals surface area contributed by atoms with Gasteiger partial charge < -0.3 is 10.0 Å². The second kappa shape index (κ2) is 3.80. The largest absolute Gasteiger partial charge is 0.391 e. The van der Waals surface area contributed by atoms with Crippen LogP contribution in [0.25, 0.3) is 0 Å². The van der Waals surface area contributed by atoms with E-state index in [1.165, 1.54) is 5.69 Å². The number of benzene rings is 1. The maximum atomic E-state index is 9.90. The number of hydrogen-bond donors (Lipinski definition) is 1. The molecule has 15 heavy (non-hydrogen) atoms. The number of anilines is 1. The molecule has 1 N–H and O–H groups in total. The van der Waals surface area contributed by atoms with Gasteiger partial charge in [0.1, 0.15) is 0 Å². The third-order valence-electron chi connectivity index (χ3n) is 3.26. The lowest BCUT2D eigenvalue weighted by molar-refractivity contribution is 0.127. The zero-order valence-electron chi connectivity index (χ0n) is 9.07. The van der Waals surface area contributed by atoms with E-state index in [0.717, 1.165) is 17.4 Å². The first kappa shape index (κ1) is 11.0. The Balaban J connectivity index is 2.32. The Morgan fingerprint density at radius 2 is 2.20 bits per heavy atom. The normalized spacial score (nSPS) is 24.5. The van der Waals surface area contributed by atoms with Crippen LogP contribution in [0.5, 0.6) is 0 Å². The summed E-state index contributed by atoms with van der Waals surface area (Å²) in [5, 5.41) is 9.90. The van der Waals surface area contributed by atoms with Crippen molar-refractivity contribution in [2.24, 2.45) is 0 Å². The zero-order chi connectivity index (χ0) is 11.1. The number of rotatable bonds is 1. The Morgan fingerprint density at radius 3 is 2.73 bits per heavy atom. The molecule has 1 saturated heterocycles. The Kier molecular flexibility index (Phi) is 2.77. The molecule has 0 aliphatic carbocycles. The highest BCUT2D eigenvalue weighted by molar-refractivity contribution is 9.10. The van der Waals surface area contributed by atoms with E-state index in [1.807, 2.05) is 12.1 Å². The Morgan fingerprint density at radius 1 is 1.47 bits per heavy atom. The second-order valence-corrected chi connectivity index (χ2v) is 5.51. The Bertz CT molecular complexity index is 364. The molecular formula is C12H16BrNO. The molecule has 0 amide bonds. The Labute approximate surface area is 99.0 Å². The average molecular weight is 270 g/mol. The summed E-state index contributed by atoms with van der Waals surface area (Å²) in [4.78, 5) is 2.27. The maximum Gasteiger partial charge on any atom is 0.0783 e. The number of aliphatic hydroxyl groups excluding tert-OH is 1. The number of hydrogen-bond acceptors (Lipinski definition) is 2. The van der Waals surface area contributed by atoms with Crippen LogP contribution in [0.1, 0.15) is 20.3 Å². The van der Waals surface area contributed by atoms with Gasteiger partial charge in [0.2, 0.25) is 0 Å². The molecule has 1 unspecified atom stereocenters. The molecule has 0 spiro atoms. The molecular weight excluding hydrogens is 254 g/mol. The van der Waals surface area contributed by atoms with Crippen molar-refractivity contribution < 1.29 is 5.11 Å². The van der Waals surface area contributed by atoms with Gasteiger partial charge in [-0.15, -0.1) is 0 Å². The summed E-state index contributed by atoms with van der Waals surface area (Å²) in [6.45, 7) is 5.10. The van der Waals surface area contributed by atoms with Crippen molar-refractivity contribution in [3.8, 4) is 0 Å². The minimum atomic E-state index is -0.239. The van der Waals surface area contributed by atoms with E-state index in [4.69, 9.17) is 0 Å². The van der Waals surface area contributed by atoms with Gasteiger partial charge in [0.25, 0.3) is 0 Å². The fraction of sp³-hybridized carbons (Fsp3) is 0.500. The van der Waals surface area contributed by atoms with E-state index in [0.29, 0.717) is 0 Å². The van der Waals surface area contributed by atoms with Crippen molar-refractivity contribution in [2.75, 3.05) is 11.4 Å². The predicted octanol–water partition coefficient (Wildman–Crippen LogP) is 2.80. The molecule has 0 aromatic heterocycles. The van der Waals surface area contributed by atoms with Crippen LogP contribution in [0, 0.1) is 0 Å². The molecule has 0 bridgehead atoms. The van der Waals surface area contributed by atoms with Crippen LogP contribution in [-0.4, -0.2) is 23.3 Å². The maximum absolute atomic E-state index is 9.90. The predicted molar refractivity (Wildman–Crippen MR) is 66.2 cm³/mol. The first-order valence-electron chi connectivity index (χ1n) is 5.23. The summed E-state index contributed by atoms with van der Waals surface area (Å²) in [5.74, 6) is 0. The minimum Gasteiger partial charge on any atom is -0.391 e. The van der Waals surface area contributed by atoms with Gasteiger partial charge in [-0.05, 0) is 38.5 Å². The molecule has 1 fully saturated rings. The van der Waals surface area contributed by atoms with E-state index >= 15 is 0 Å². The summed E-state index contributed by atoms with van der Waals surface area (Å²) in [7, 11) is 0. The standard InChI is InChI=1S/C12H16BrNO/c1-12(2)11(15)6-7-14(12)10-5-3-4-9(13)8-10/h3-5,8,11,15H,6-7H2,1-2H3. The van der Waals surface area contributed by atoms with E-state index in [9.17, 15) is 5.11 Å². The lowest BCUT2D eigenvalue weighted by Gasteiger charge is -2.35. The monoisotopic (exact) mass is 269 g/mol. The molecule has 1 aromatic carbocycles. The minimum absolute atomic E-state index is 0.166. The van der Waals surface area contributed by atoms with Crippen LogP contribution in [0.3, 0.4) is 0 Å². The van der Waals surface area contributed by atoms with Crippen molar-refractivity contribution in [3.63, 3.8) is 0 Å². The second-order valence-electron chi connectivity index (χ2n) is 4.59. The fourth-order valence-corrected chi connectivity index (χ4v) is 2.57. The van der Waals surface area contributed by atoms with E-state index in [1.54, 1.807) is 0 Å². The van der Waals surface area contributed by atoms with Gasteiger partial charge >= 0.3 is 0 Å². The number of halogens is 1. The van der Waals surface area contributed by atoms with Gasteiger partial charge in [0, 0.05) is 16.7 Å². The Hall–Kier alpha value is -0.540. The van der Waals surface area contributed by atoms with Gasteiger partial charge in [0.15, 0.2) is 0 Å². The van der Waals surface area contributed by atoms with Crippen molar-refractivity contribution in [2.45, 2.75) is 31.9 Å². The zero-order valence-corrected chi connectivity index (χ0v) is 10.7. The number of aliphatic hydroxyl groups is 1. The van der Waals surface area contributed by atoms with E-state index in [-0.39, 0.29) is 11.6 Å². The molecule has 1 atom stereocenters.